The lowest BCUT2D eigenvalue weighted by atomic mass is 9.76. The Balaban J connectivity index is 2.42. The van der Waals surface area contributed by atoms with E-state index in [0.717, 1.165) is 0 Å². The number of nitrogens with zero attached hydrogens (tertiary/aromatic N) is 1. The van der Waals surface area contributed by atoms with Gasteiger partial charge in [-0.2, -0.15) is 0 Å². The van der Waals surface area contributed by atoms with Gasteiger partial charge in [-0.3, -0.25) is 0 Å². The first-order chi connectivity index (χ1) is 5.27. The monoisotopic (exact) mass is 153 g/mol. The highest BCUT2D eigenvalue weighted by molar-refractivity contribution is 5.33. The first-order valence-corrected chi connectivity index (χ1v) is 4.30. The third-order valence-electron chi connectivity index (χ3n) is 2.59. The molecule has 0 aromatic heterocycles. The molecule has 1 fully saturated rings. The molecule has 2 nitrogen and oxygen atoms in total. The molecule has 1 saturated carbocycles. The minimum Gasteiger partial charge on any atom is -0.211 e. The van der Waals surface area contributed by atoms with Gasteiger partial charge in [0.25, 0.3) is 0 Å². The molecule has 0 aromatic rings. The largest absolute Gasteiger partial charge is 0.234 e. The van der Waals surface area contributed by atoms with Crippen molar-refractivity contribution in [3.63, 3.8) is 0 Å². The van der Waals surface area contributed by atoms with Crippen LogP contribution in [0.1, 0.15) is 39.0 Å². The minimum atomic E-state index is 0.301. The van der Waals surface area contributed by atoms with E-state index < -0.39 is 0 Å². The highest BCUT2D eigenvalue weighted by atomic mass is 16.1. The Kier molecular flexibility index (Phi) is 2.84. The predicted octanol–water partition coefficient (Wildman–Crippen LogP) is 2.29. The van der Waals surface area contributed by atoms with Crippen LogP contribution < -0.4 is 0 Å². The Bertz CT molecular complexity index is 164. The zero-order valence-electron chi connectivity index (χ0n) is 7.10. The summed E-state index contributed by atoms with van der Waals surface area (Å²) in [5.74, 6) is 0. The number of rotatable bonds is 2. The topological polar surface area (TPSA) is 29.4 Å². The van der Waals surface area contributed by atoms with Crippen molar-refractivity contribution in [2.45, 2.75) is 39.0 Å². The van der Waals surface area contributed by atoms with Crippen LogP contribution in [-0.4, -0.2) is 12.6 Å². The van der Waals surface area contributed by atoms with Gasteiger partial charge in [0, 0.05) is 0 Å². The highest BCUT2D eigenvalue weighted by Gasteiger charge is 2.25. The molecule has 0 atom stereocenters. The molecule has 2 heteroatoms. The fourth-order valence-corrected chi connectivity index (χ4v) is 1.79. The smallest absolute Gasteiger partial charge is 0.211 e. The average molecular weight is 153 g/mol. The van der Waals surface area contributed by atoms with Gasteiger partial charge in [0.2, 0.25) is 6.08 Å². The van der Waals surface area contributed by atoms with Gasteiger partial charge in [-0.15, -0.1) is 0 Å². The maximum absolute atomic E-state index is 9.90. The Morgan fingerprint density at radius 3 is 2.55 bits per heavy atom. The van der Waals surface area contributed by atoms with Crippen molar-refractivity contribution in [3.05, 3.63) is 0 Å². The fraction of sp³-hybridized carbons (Fsp3) is 0.889. The normalized spacial score (nSPS) is 22.3. The summed E-state index contributed by atoms with van der Waals surface area (Å²) in [6.07, 6.45) is 8.00. The number of hydrogen-bond donors (Lipinski definition) is 0. The molecule has 0 heterocycles. The lowest BCUT2D eigenvalue weighted by molar-refractivity contribution is 0.227. The van der Waals surface area contributed by atoms with E-state index in [2.05, 4.69) is 11.9 Å². The molecule has 0 aliphatic heterocycles. The van der Waals surface area contributed by atoms with Gasteiger partial charge < -0.3 is 0 Å². The van der Waals surface area contributed by atoms with Gasteiger partial charge in [-0.05, 0) is 18.3 Å². The van der Waals surface area contributed by atoms with E-state index in [4.69, 9.17) is 0 Å². The lowest BCUT2D eigenvalue weighted by Gasteiger charge is -2.31. The van der Waals surface area contributed by atoms with Crippen molar-refractivity contribution in [1.29, 1.82) is 0 Å². The summed E-state index contributed by atoms with van der Waals surface area (Å²) in [5.41, 5.74) is 0.301. The van der Waals surface area contributed by atoms with Gasteiger partial charge in [0.1, 0.15) is 0 Å². The fourth-order valence-electron chi connectivity index (χ4n) is 1.79. The van der Waals surface area contributed by atoms with Crippen LogP contribution in [0, 0.1) is 5.41 Å². The van der Waals surface area contributed by atoms with Crippen LogP contribution in [0.25, 0.3) is 0 Å². The lowest BCUT2D eigenvalue weighted by Crippen LogP contribution is -2.23. The van der Waals surface area contributed by atoms with E-state index in [1.807, 2.05) is 0 Å². The summed E-state index contributed by atoms with van der Waals surface area (Å²) in [6.45, 7) is 2.89. The summed E-state index contributed by atoms with van der Waals surface area (Å²) < 4.78 is 0. The van der Waals surface area contributed by atoms with E-state index in [-0.39, 0.29) is 0 Å². The maximum Gasteiger partial charge on any atom is 0.234 e. The predicted molar refractivity (Wildman–Crippen MR) is 44.2 cm³/mol. The van der Waals surface area contributed by atoms with Gasteiger partial charge in [0.05, 0.1) is 6.54 Å². The molecule has 0 radical (unpaired) electrons. The SMILES string of the molecule is CC1(CN=C=O)CCCCC1. The van der Waals surface area contributed by atoms with Crippen molar-refractivity contribution in [2.24, 2.45) is 10.4 Å². The van der Waals surface area contributed by atoms with Crippen LogP contribution in [0.4, 0.5) is 0 Å². The first kappa shape index (κ1) is 8.48. The van der Waals surface area contributed by atoms with Gasteiger partial charge in [-0.25, -0.2) is 9.79 Å². The maximum atomic E-state index is 9.90. The zero-order valence-corrected chi connectivity index (χ0v) is 7.10. The van der Waals surface area contributed by atoms with Gasteiger partial charge in [-0.1, -0.05) is 26.2 Å². The number of carbonyl (C=O) groups excluding carboxylic acids is 1. The Labute approximate surface area is 67.7 Å². The molecule has 11 heavy (non-hydrogen) atoms. The van der Waals surface area contributed by atoms with Crippen LogP contribution in [-0.2, 0) is 4.79 Å². The molecule has 0 spiro atoms. The summed E-state index contributed by atoms with van der Waals surface area (Å²) in [4.78, 5) is 13.6. The van der Waals surface area contributed by atoms with Crippen molar-refractivity contribution in [2.75, 3.05) is 6.54 Å². The molecule has 0 saturated heterocycles. The molecular weight excluding hydrogens is 138 g/mol. The van der Waals surface area contributed by atoms with Crippen LogP contribution in [0.15, 0.2) is 4.99 Å². The summed E-state index contributed by atoms with van der Waals surface area (Å²) in [7, 11) is 0. The first-order valence-electron chi connectivity index (χ1n) is 4.30. The second kappa shape index (κ2) is 3.68. The Morgan fingerprint density at radius 1 is 1.36 bits per heavy atom. The van der Waals surface area contributed by atoms with Crippen molar-refractivity contribution >= 4 is 6.08 Å². The van der Waals surface area contributed by atoms with Gasteiger partial charge >= 0.3 is 0 Å². The van der Waals surface area contributed by atoms with Crippen LogP contribution in [0.2, 0.25) is 0 Å². The van der Waals surface area contributed by atoms with Crippen LogP contribution >= 0.6 is 0 Å². The summed E-state index contributed by atoms with van der Waals surface area (Å²) in [6, 6.07) is 0. The molecule has 62 valence electrons. The number of isocyanates is 1. The second-order valence-corrected chi connectivity index (χ2v) is 3.78. The van der Waals surface area contributed by atoms with Gasteiger partial charge in [0.15, 0.2) is 0 Å². The van der Waals surface area contributed by atoms with E-state index in [9.17, 15) is 4.79 Å². The van der Waals surface area contributed by atoms with Crippen LogP contribution in [0.5, 0.6) is 0 Å². The Morgan fingerprint density at radius 2 is 2.00 bits per heavy atom. The quantitative estimate of drug-likeness (QED) is 0.442. The van der Waals surface area contributed by atoms with E-state index in [0.29, 0.717) is 12.0 Å². The molecule has 0 unspecified atom stereocenters. The molecular formula is C9H15NO. The molecule has 0 bridgehead atoms. The second-order valence-electron chi connectivity index (χ2n) is 3.78. The molecule has 0 amide bonds. The number of aliphatic imine (C=N–C) groups is 1. The minimum absolute atomic E-state index is 0.301. The molecule has 0 aromatic carbocycles. The van der Waals surface area contributed by atoms with Crippen molar-refractivity contribution in [1.82, 2.24) is 0 Å². The molecule has 1 aliphatic rings. The van der Waals surface area contributed by atoms with Crippen molar-refractivity contribution < 1.29 is 4.79 Å². The third-order valence-corrected chi connectivity index (χ3v) is 2.59. The third kappa shape index (κ3) is 2.47. The van der Waals surface area contributed by atoms with E-state index in [1.54, 1.807) is 6.08 Å². The molecule has 1 aliphatic carbocycles. The van der Waals surface area contributed by atoms with E-state index >= 15 is 0 Å². The highest BCUT2D eigenvalue weighted by Crippen LogP contribution is 2.35. The van der Waals surface area contributed by atoms with Crippen LogP contribution in [0.3, 0.4) is 0 Å². The molecule has 0 N–H and O–H groups in total. The average Bonchev–Trinajstić information content (AvgIpc) is 2.03. The Hall–Kier alpha value is -0.620. The number of hydrogen-bond acceptors (Lipinski definition) is 2. The standard InChI is InChI=1S/C9H15NO/c1-9(7-10-8-11)5-3-2-4-6-9/h2-7H2,1H3. The summed E-state index contributed by atoms with van der Waals surface area (Å²) >= 11 is 0. The molecule has 1 rings (SSSR count). The van der Waals surface area contributed by atoms with E-state index in [1.165, 1.54) is 32.1 Å². The van der Waals surface area contributed by atoms with Crippen molar-refractivity contribution in [3.8, 4) is 0 Å². The zero-order chi connectivity index (χ0) is 8.16. The summed E-state index contributed by atoms with van der Waals surface area (Å²) in [5, 5.41) is 0.